The third-order valence-corrected chi connectivity index (χ3v) is 2.79. The van der Waals surface area contributed by atoms with Crippen LogP contribution in [0.15, 0.2) is 54.6 Å². The molecular weight excluding hydrogens is 304 g/mol. The molecule has 2 nitrogen and oxygen atoms in total. The van der Waals surface area contributed by atoms with Gasteiger partial charge in [0.05, 0.1) is 5.56 Å². The fourth-order valence-electron chi connectivity index (χ4n) is 1.47. The van der Waals surface area contributed by atoms with Gasteiger partial charge in [0.1, 0.15) is 11.1 Å². The summed E-state index contributed by atoms with van der Waals surface area (Å²) in [6, 6.07) is 16.9. The van der Waals surface area contributed by atoms with E-state index in [2.05, 4.69) is 27.8 Å². The normalized spacial score (nSPS) is 9.32. The molecule has 0 radical (unpaired) electrons. The maximum absolute atomic E-state index is 11.3. The molecule has 0 saturated carbocycles. The minimum atomic E-state index is -0.339. The number of carbonyl (C=O) groups is 1. The Hall–Kier alpha value is -2.05. The molecular formula is C16H11BrO2. The number of halogens is 1. The van der Waals surface area contributed by atoms with Gasteiger partial charge in [0, 0.05) is 5.56 Å². The lowest BCUT2D eigenvalue weighted by molar-refractivity contribution is -0.131. The van der Waals surface area contributed by atoms with Gasteiger partial charge in [0.15, 0.2) is 0 Å². The van der Waals surface area contributed by atoms with E-state index in [1.54, 1.807) is 6.07 Å². The van der Waals surface area contributed by atoms with Crippen molar-refractivity contribution in [2.45, 2.75) is 0 Å². The smallest absolute Gasteiger partial charge is 0.321 e. The zero-order valence-electron chi connectivity index (χ0n) is 10.1. The minimum Gasteiger partial charge on any atom is -0.425 e. The number of ether oxygens (including phenoxy) is 1. The van der Waals surface area contributed by atoms with Crippen LogP contribution in [0.2, 0.25) is 0 Å². The molecule has 94 valence electrons. The zero-order chi connectivity index (χ0) is 13.5. The van der Waals surface area contributed by atoms with E-state index in [9.17, 15) is 4.79 Å². The largest absolute Gasteiger partial charge is 0.425 e. The van der Waals surface area contributed by atoms with Gasteiger partial charge in [0.25, 0.3) is 0 Å². The Kier molecular flexibility index (Phi) is 4.77. The molecule has 0 aliphatic carbocycles. The Bertz CT molecular complexity index is 624. The molecule has 0 atom stereocenters. The molecule has 0 aliphatic heterocycles. The van der Waals surface area contributed by atoms with Crippen molar-refractivity contribution in [2.24, 2.45) is 0 Å². The topological polar surface area (TPSA) is 26.3 Å². The summed E-state index contributed by atoms with van der Waals surface area (Å²) < 4.78 is 5.19. The predicted molar refractivity (Wildman–Crippen MR) is 78.3 cm³/mol. The van der Waals surface area contributed by atoms with Gasteiger partial charge < -0.3 is 4.74 Å². The lowest BCUT2D eigenvalue weighted by Gasteiger charge is -2.03. The number of esters is 1. The summed E-state index contributed by atoms with van der Waals surface area (Å²) in [6.45, 7) is 0. The van der Waals surface area contributed by atoms with Crippen LogP contribution in [0.1, 0.15) is 11.1 Å². The van der Waals surface area contributed by atoms with E-state index in [1.165, 1.54) is 0 Å². The van der Waals surface area contributed by atoms with Crippen LogP contribution in [0, 0.1) is 11.8 Å². The highest BCUT2D eigenvalue weighted by atomic mass is 79.9. The first-order valence-corrected chi connectivity index (χ1v) is 6.84. The summed E-state index contributed by atoms with van der Waals surface area (Å²) in [4.78, 5) is 11.3. The highest BCUT2D eigenvalue weighted by Crippen LogP contribution is 2.17. The fraction of sp³-hybridized carbons (Fsp3) is 0.0625. The van der Waals surface area contributed by atoms with Crippen LogP contribution >= 0.6 is 15.9 Å². The van der Waals surface area contributed by atoms with Gasteiger partial charge in [-0.2, -0.15) is 0 Å². The summed E-state index contributed by atoms with van der Waals surface area (Å²) in [5, 5.41) is 0.160. The number of hydrogen-bond donors (Lipinski definition) is 0. The minimum absolute atomic E-state index is 0.160. The monoisotopic (exact) mass is 314 g/mol. The van der Waals surface area contributed by atoms with Crippen molar-refractivity contribution in [3.05, 3.63) is 65.7 Å². The second-order valence-corrected chi connectivity index (χ2v) is 4.28. The van der Waals surface area contributed by atoms with Crippen molar-refractivity contribution < 1.29 is 9.53 Å². The van der Waals surface area contributed by atoms with Crippen molar-refractivity contribution in [2.75, 3.05) is 5.33 Å². The molecule has 0 aromatic heterocycles. The molecule has 19 heavy (non-hydrogen) atoms. The van der Waals surface area contributed by atoms with Crippen LogP contribution in [-0.2, 0) is 4.79 Å². The highest BCUT2D eigenvalue weighted by molar-refractivity contribution is 9.09. The van der Waals surface area contributed by atoms with Crippen LogP contribution in [0.5, 0.6) is 5.75 Å². The summed E-state index contributed by atoms with van der Waals surface area (Å²) >= 11 is 3.06. The highest BCUT2D eigenvalue weighted by Gasteiger charge is 2.05. The Labute approximate surface area is 120 Å². The number of rotatable bonds is 2. The third-order valence-electron chi connectivity index (χ3n) is 2.34. The van der Waals surface area contributed by atoms with E-state index in [1.807, 2.05) is 48.5 Å². The van der Waals surface area contributed by atoms with E-state index in [0.717, 1.165) is 5.56 Å². The van der Waals surface area contributed by atoms with Crippen molar-refractivity contribution >= 4 is 21.9 Å². The second-order valence-electron chi connectivity index (χ2n) is 3.72. The van der Waals surface area contributed by atoms with Gasteiger partial charge in [-0.3, -0.25) is 4.79 Å². The van der Waals surface area contributed by atoms with Crippen molar-refractivity contribution in [1.29, 1.82) is 0 Å². The molecule has 0 spiro atoms. The number of alkyl halides is 1. The number of hydrogen-bond acceptors (Lipinski definition) is 2. The molecule has 0 aliphatic rings. The lowest BCUT2D eigenvalue weighted by atomic mass is 10.1. The van der Waals surface area contributed by atoms with Gasteiger partial charge in [-0.05, 0) is 24.3 Å². The quantitative estimate of drug-likeness (QED) is 0.367. The predicted octanol–water partition coefficient (Wildman–Crippen LogP) is 3.39. The van der Waals surface area contributed by atoms with Crippen molar-refractivity contribution in [1.82, 2.24) is 0 Å². The van der Waals surface area contributed by atoms with Gasteiger partial charge >= 0.3 is 5.97 Å². The first-order chi connectivity index (χ1) is 9.29. The molecule has 3 heteroatoms. The molecule has 0 bridgehead atoms. The first kappa shape index (κ1) is 13.4. The average molecular weight is 315 g/mol. The Balaban J connectivity index is 2.26. The summed E-state index contributed by atoms with van der Waals surface area (Å²) in [5.74, 6) is 6.20. The van der Waals surface area contributed by atoms with Crippen LogP contribution in [0.3, 0.4) is 0 Å². The van der Waals surface area contributed by atoms with Crippen LogP contribution in [-0.4, -0.2) is 11.3 Å². The lowest BCUT2D eigenvalue weighted by Crippen LogP contribution is -2.09. The maximum atomic E-state index is 11.3. The molecule has 0 fully saturated rings. The van der Waals surface area contributed by atoms with Gasteiger partial charge in [-0.15, -0.1) is 0 Å². The van der Waals surface area contributed by atoms with Crippen LogP contribution < -0.4 is 4.74 Å². The van der Waals surface area contributed by atoms with E-state index < -0.39 is 0 Å². The first-order valence-electron chi connectivity index (χ1n) is 5.72. The average Bonchev–Trinajstić information content (AvgIpc) is 2.47. The van der Waals surface area contributed by atoms with E-state index in [0.29, 0.717) is 11.3 Å². The summed E-state index contributed by atoms with van der Waals surface area (Å²) in [7, 11) is 0. The van der Waals surface area contributed by atoms with Gasteiger partial charge in [0.2, 0.25) is 0 Å². The van der Waals surface area contributed by atoms with E-state index in [4.69, 9.17) is 4.74 Å². The van der Waals surface area contributed by atoms with Crippen molar-refractivity contribution in [3.8, 4) is 17.6 Å². The molecule has 0 saturated heterocycles. The Morgan fingerprint density at radius 1 is 1.00 bits per heavy atom. The fourth-order valence-corrected chi connectivity index (χ4v) is 1.58. The number of carbonyl (C=O) groups excluding carboxylic acids is 1. The number of para-hydroxylation sites is 1. The van der Waals surface area contributed by atoms with Gasteiger partial charge in [-0.25, -0.2) is 0 Å². The Morgan fingerprint density at radius 2 is 1.68 bits per heavy atom. The zero-order valence-corrected chi connectivity index (χ0v) is 11.7. The Morgan fingerprint density at radius 3 is 2.42 bits per heavy atom. The molecule has 0 unspecified atom stereocenters. The summed E-state index contributed by atoms with van der Waals surface area (Å²) in [5.41, 5.74) is 1.62. The molecule has 0 amide bonds. The third kappa shape index (κ3) is 3.97. The number of benzene rings is 2. The van der Waals surface area contributed by atoms with Crippen LogP contribution in [0.4, 0.5) is 0 Å². The molecule has 0 N–H and O–H groups in total. The van der Waals surface area contributed by atoms with Gasteiger partial charge in [-0.1, -0.05) is 58.1 Å². The standard InChI is InChI=1S/C16H11BrO2/c17-12-16(18)19-15-9-5-4-8-14(15)11-10-13-6-2-1-3-7-13/h1-9H,12H2. The molecule has 2 aromatic rings. The maximum Gasteiger partial charge on any atom is 0.321 e. The molecule has 2 rings (SSSR count). The molecule has 0 heterocycles. The van der Waals surface area contributed by atoms with Crippen LogP contribution in [0.25, 0.3) is 0 Å². The molecule has 2 aromatic carbocycles. The summed E-state index contributed by atoms with van der Waals surface area (Å²) in [6.07, 6.45) is 0. The van der Waals surface area contributed by atoms with E-state index in [-0.39, 0.29) is 11.3 Å². The van der Waals surface area contributed by atoms with Crippen molar-refractivity contribution in [3.63, 3.8) is 0 Å². The SMILES string of the molecule is O=C(CBr)Oc1ccccc1C#Cc1ccccc1. The van der Waals surface area contributed by atoms with E-state index >= 15 is 0 Å². The second kappa shape index (κ2) is 6.77.